The minimum atomic E-state index is -0.526. The molecule has 1 aromatic carbocycles. The van der Waals surface area contributed by atoms with Gasteiger partial charge in [-0.15, -0.1) is 0 Å². The van der Waals surface area contributed by atoms with Crippen molar-refractivity contribution in [2.75, 3.05) is 25.1 Å². The minimum absolute atomic E-state index is 0.310. The van der Waals surface area contributed by atoms with Crippen molar-refractivity contribution in [3.8, 4) is 0 Å². The Kier molecular flexibility index (Phi) is 7.74. The van der Waals surface area contributed by atoms with Crippen LogP contribution in [-0.4, -0.2) is 53.4 Å². The standard InChI is InChI=1S/C23H29ClN4O4S/c1-22(2,3)32-21(30)27-23(4)9-11-28(12-10-23)17-13-26-18(14-25-17)33-16-8-6-7-15(19(16)24)20(29)31-5/h6-8,13-14H,9-12H2,1-5H3,(H,27,30). The SMILES string of the molecule is COC(=O)c1cccc(Sc2cnc(N3CCC(C)(NC(=O)OC(C)(C)C)CC3)cn2)c1Cl. The fourth-order valence-corrected chi connectivity index (χ4v) is 4.50. The van der Waals surface area contributed by atoms with Gasteiger partial charge in [0.2, 0.25) is 0 Å². The number of rotatable bonds is 5. The Balaban J connectivity index is 1.60. The van der Waals surface area contributed by atoms with E-state index < -0.39 is 17.7 Å². The molecule has 3 rings (SSSR count). The van der Waals surface area contributed by atoms with Gasteiger partial charge in [0, 0.05) is 23.5 Å². The lowest BCUT2D eigenvalue weighted by molar-refractivity contribution is 0.0447. The number of methoxy groups -OCH3 is 1. The number of hydrogen-bond donors (Lipinski definition) is 1. The Morgan fingerprint density at radius 1 is 1.18 bits per heavy atom. The highest BCUT2D eigenvalue weighted by Crippen LogP contribution is 2.35. The van der Waals surface area contributed by atoms with E-state index in [0.29, 0.717) is 20.5 Å². The second-order valence-electron chi connectivity index (χ2n) is 9.10. The van der Waals surface area contributed by atoms with E-state index in [2.05, 4.69) is 20.2 Å². The summed E-state index contributed by atoms with van der Waals surface area (Å²) in [6, 6.07) is 5.19. The molecule has 0 atom stereocenters. The first-order valence-electron chi connectivity index (χ1n) is 10.6. The molecule has 0 spiro atoms. The Morgan fingerprint density at radius 2 is 1.88 bits per heavy atom. The van der Waals surface area contributed by atoms with Gasteiger partial charge in [0.15, 0.2) is 0 Å². The number of carbonyl (C=O) groups excluding carboxylic acids is 2. The van der Waals surface area contributed by atoms with Crippen molar-refractivity contribution >= 4 is 41.2 Å². The van der Waals surface area contributed by atoms with Crippen molar-refractivity contribution in [3.63, 3.8) is 0 Å². The van der Waals surface area contributed by atoms with Crippen LogP contribution >= 0.6 is 23.4 Å². The second-order valence-corrected chi connectivity index (χ2v) is 10.5. The average Bonchev–Trinajstić information content (AvgIpc) is 2.74. The average molecular weight is 493 g/mol. The molecule has 0 unspecified atom stereocenters. The molecule has 10 heteroatoms. The second kappa shape index (κ2) is 10.2. The van der Waals surface area contributed by atoms with Crippen LogP contribution in [0.3, 0.4) is 0 Å². The van der Waals surface area contributed by atoms with Gasteiger partial charge in [-0.05, 0) is 52.7 Å². The molecule has 0 bridgehead atoms. The van der Waals surface area contributed by atoms with Crippen LogP contribution < -0.4 is 10.2 Å². The number of ether oxygens (including phenoxy) is 2. The Hall–Kier alpha value is -2.52. The van der Waals surface area contributed by atoms with Gasteiger partial charge >= 0.3 is 12.1 Å². The number of anilines is 1. The van der Waals surface area contributed by atoms with Crippen molar-refractivity contribution in [1.29, 1.82) is 0 Å². The summed E-state index contributed by atoms with van der Waals surface area (Å²) in [7, 11) is 1.32. The van der Waals surface area contributed by atoms with Gasteiger partial charge in [0.1, 0.15) is 16.4 Å². The third-order valence-corrected chi connectivity index (χ3v) is 6.69. The quantitative estimate of drug-likeness (QED) is 0.586. The summed E-state index contributed by atoms with van der Waals surface area (Å²) in [4.78, 5) is 35.9. The fraction of sp³-hybridized carbons (Fsp3) is 0.478. The van der Waals surface area contributed by atoms with Crippen LogP contribution in [0.25, 0.3) is 0 Å². The van der Waals surface area contributed by atoms with Gasteiger partial charge in [-0.25, -0.2) is 19.6 Å². The number of nitrogens with zero attached hydrogens (tertiary/aromatic N) is 3. The van der Waals surface area contributed by atoms with Crippen molar-refractivity contribution in [2.24, 2.45) is 0 Å². The molecule has 0 radical (unpaired) electrons. The van der Waals surface area contributed by atoms with Crippen LogP contribution in [0.4, 0.5) is 10.6 Å². The number of carbonyl (C=O) groups is 2. The lowest BCUT2D eigenvalue weighted by Gasteiger charge is -2.40. The molecule has 0 saturated carbocycles. The lowest BCUT2D eigenvalue weighted by atomic mass is 9.90. The van der Waals surface area contributed by atoms with E-state index >= 15 is 0 Å². The number of esters is 1. The highest BCUT2D eigenvalue weighted by Gasteiger charge is 2.33. The third-order valence-electron chi connectivity index (χ3n) is 5.19. The van der Waals surface area contributed by atoms with Crippen molar-refractivity contribution in [3.05, 3.63) is 41.2 Å². The Morgan fingerprint density at radius 3 is 2.45 bits per heavy atom. The first-order chi connectivity index (χ1) is 15.5. The molecule has 1 saturated heterocycles. The molecule has 1 N–H and O–H groups in total. The van der Waals surface area contributed by atoms with Crippen LogP contribution in [0.5, 0.6) is 0 Å². The molecule has 0 aliphatic carbocycles. The number of halogens is 1. The monoisotopic (exact) mass is 492 g/mol. The molecule has 33 heavy (non-hydrogen) atoms. The van der Waals surface area contributed by atoms with Gasteiger partial charge in [-0.2, -0.15) is 0 Å². The zero-order valence-corrected chi connectivity index (χ0v) is 21.0. The van der Waals surface area contributed by atoms with Gasteiger partial charge in [0.05, 0.1) is 30.1 Å². The van der Waals surface area contributed by atoms with Crippen LogP contribution in [0.1, 0.15) is 50.9 Å². The van der Waals surface area contributed by atoms with Gasteiger partial charge in [-0.3, -0.25) is 0 Å². The number of aromatic nitrogens is 2. The minimum Gasteiger partial charge on any atom is -0.465 e. The normalized spacial score (nSPS) is 15.6. The number of benzene rings is 1. The maximum Gasteiger partial charge on any atom is 0.408 e. The summed E-state index contributed by atoms with van der Waals surface area (Å²) in [5.41, 5.74) is -0.546. The zero-order chi connectivity index (χ0) is 24.2. The Bertz CT molecular complexity index is 1000. The van der Waals surface area contributed by atoms with Crippen molar-refractivity contribution in [1.82, 2.24) is 15.3 Å². The van der Waals surface area contributed by atoms with Gasteiger partial charge < -0.3 is 19.7 Å². The van der Waals surface area contributed by atoms with Crippen molar-refractivity contribution < 1.29 is 19.1 Å². The molecule has 1 aliphatic heterocycles. The largest absolute Gasteiger partial charge is 0.465 e. The van der Waals surface area contributed by atoms with E-state index in [1.54, 1.807) is 24.5 Å². The smallest absolute Gasteiger partial charge is 0.408 e. The Labute approximate surface area is 203 Å². The highest BCUT2D eigenvalue weighted by molar-refractivity contribution is 7.99. The summed E-state index contributed by atoms with van der Waals surface area (Å²) in [5.74, 6) is 0.287. The molecule has 1 aliphatic rings. The van der Waals surface area contributed by atoms with E-state index in [1.165, 1.54) is 18.9 Å². The summed E-state index contributed by atoms with van der Waals surface area (Å²) < 4.78 is 10.2. The number of piperidine rings is 1. The van der Waals surface area contributed by atoms with Gasteiger partial charge in [-0.1, -0.05) is 29.4 Å². The summed E-state index contributed by atoms with van der Waals surface area (Å²) in [5, 5.41) is 4.00. The molecule has 2 heterocycles. The third kappa shape index (κ3) is 6.74. The summed E-state index contributed by atoms with van der Waals surface area (Å²) in [6.45, 7) is 9.05. The molecular formula is C23H29ClN4O4S. The van der Waals surface area contributed by atoms with Crippen LogP contribution in [-0.2, 0) is 9.47 Å². The number of alkyl carbamates (subject to hydrolysis) is 1. The van der Waals surface area contributed by atoms with E-state index in [9.17, 15) is 9.59 Å². The van der Waals surface area contributed by atoms with Crippen LogP contribution in [0.2, 0.25) is 5.02 Å². The summed E-state index contributed by atoms with van der Waals surface area (Å²) >= 11 is 7.70. The van der Waals surface area contributed by atoms with Gasteiger partial charge in [0.25, 0.3) is 0 Å². The highest BCUT2D eigenvalue weighted by atomic mass is 35.5. The summed E-state index contributed by atoms with van der Waals surface area (Å²) in [6.07, 6.45) is 4.55. The van der Waals surface area contributed by atoms with E-state index in [0.717, 1.165) is 31.7 Å². The predicted molar refractivity (Wildman–Crippen MR) is 128 cm³/mol. The first kappa shape index (κ1) is 25.1. The molecule has 178 valence electrons. The lowest BCUT2D eigenvalue weighted by Crippen LogP contribution is -2.54. The van der Waals surface area contributed by atoms with E-state index in [4.69, 9.17) is 21.1 Å². The topological polar surface area (TPSA) is 93.7 Å². The van der Waals surface area contributed by atoms with Crippen molar-refractivity contribution in [2.45, 2.75) is 61.6 Å². The van der Waals surface area contributed by atoms with E-state index in [1.807, 2.05) is 33.8 Å². The number of nitrogens with one attached hydrogen (secondary N) is 1. The van der Waals surface area contributed by atoms with Crippen LogP contribution in [0.15, 0.2) is 40.5 Å². The molecule has 1 amide bonds. The zero-order valence-electron chi connectivity index (χ0n) is 19.5. The molecule has 1 fully saturated rings. The number of hydrogen-bond acceptors (Lipinski definition) is 8. The molecule has 1 aromatic heterocycles. The maximum atomic E-state index is 12.2. The predicted octanol–water partition coefficient (Wildman–Crippen LogP) is 4.95. The molecule has 2 aromatic rings. The van der Waals surface area contributed by atoms with E-state index in [-0.39, 0.29) is 5.54 Å². The fourth-order valence-electron chi connectivity index (χ4n) is 3.40. The maximum absolute atomic E-state index is 12.2. The van der Waals surface area contributed by atoms with Crippen LogP contribution in [0, 0.1) is 0 Å². The molecule has 8 nitrogen and oxygen atoms in total. The molecular weight excluding hydrogens is 464 g/mol. The first-order valence-corrected chi connectivity index (χ1v) is 11.8. The number of amides is 1.